The van der Waals surface area contributed by atoms with Crippen molar-refractivity contribution in [2.45, 2.75) is 32.4 Å². The number of halogens is 2. The van der Waals surface area contributed by atoms with Crippen molar-refractivity contribution in [2.24, 2.45) is 5.92 Å². The third kappa shape index (κ3) is 6.06. The van der Waals surface area contributed by atoms with E-state index in [1.165, 1.54) is 11.8 Å². The van der Waals surface area contributed by atoms with E-state index < -0.39 is 41.4 Å². The summed E-state index contributed by atoms with van der Waals surface area (Å²) >= 11 is 0. The molecule has 0 radical (unpaired) electrons. The summed E-state index contributed by atoms with van der Waals surface area (Å²) in [4.78, 5) is 38.8. The third-order valence-electron chi connectivity index (χ3n) is 5.58. The second kappa shape index (κ2) is 10.9. The second-order valence-corrected chi connectivity index (χ2v) is 7.80. The van der Waals surface area contributed by atoms with Gasteiger partial charge in [-0.2, -0.15) is 0 Å². The second-order valence-electron chi connectivity index (χ2n) is 7.80. The van der Waals surface area contributed by atoms with Crippen LogP contribution in [0.25, 0.3) is 0 Å². The van der Waals surface area contributed by atoms with Crippen molar-refractivity contribution >= 4 is 17.8 Å². The number of nitrogens with one attached hydrogen (secondary N) is 1. The fourth-order valence-electron chi connectivity index (χ4n) is 3.65. The molecule has 1 fully saturated rings. The van der Waals surface area contributed by atoms with Crippen molar-refractivity contribution < 1.29 is 32.6 Å². The Morgan fingerprint density at radius 3 is 2.48 bits per heavy atom. The van der Waals surface area contributed by atoms with E-state index in [1.54, 1.807) is 13.2 Å². The average molecular weight is 460 g/mol. The van der Waals surface area contributed by atoms with Crippen LogP contribution in [0.5, 0.6) is 5.75 Å². The molecule has 9 heteroatoms. The van der Waals surface area contributed by atoms with Gasteiger partial charge in [0.25, 0.3) is 11.8 Å². The maximum Gasteiger partial charge on any atom is 0.309 e. The van der Waals surface area contributed by atoms with E-state index >= 15 is 0 Å². The number of likely N-dealkylation sites (tertiary alicyclic amines) is 1. The highest BCUT2D eigenvalue weighted by atomic mass is 19.1. The van der Waals surface area contributed by atoms with Crippen molar-refractivity contribution in [2.75, 3.05) is 20.2 Å². The van der Waals surface area contributed by atoms with Crippen LogP contribution in [0.1, 0.15) is 35.7 Å². The number of hydrogen-bond acceptors (Lipinski definition) is 5. The van der Waals surface area contributed by atoms with Crippen molar-refractivity contribution in [1.82, 2.24) is 10.2 Å². The van der Waals surface area contributed by atoms with Gasteiger partial charge >= 0.3 is 5.97 Å². The molecular formula is C24H26F2N2O5. The Balaban J connectivity index is 1.47. The van der Waals surface area contributed by atoms with Crippen LogP contribution < -0.4 is 10.1 Å². The van der Waals surface area contributed by atoms with Gasteiger partial charge in [0, 0.05) is 31.3 Å². The third-order valence-corrected chi connectivity index (χ3v) is 5.58. The first-order valence-corrected chi connectivity index (χ1v) is 10.6. The smallest absolute Gasteiger partial charge is 0.309 e. The zero-order chi connectivity index (χ0) is 24.0. The number of esters is 1. The molecule has 1 N–H and O–H groups in total. The standard InChI is InChI=1S/C24H26F2N2O5/c1-15(22(29)27-14-17-5-3-4-6-21(17)32-2)33-24(31)16-9-11-28(12-10-16)23(30)19-8-7-18(25)13-20(19)26/h3-8,13,15-16H,9-12,14H2,1-2H3,(H,27,29). The van der Waals surface area contributed by atoms with E-state index in [1.807, 2.05) is 18.2 Å². The summed E-state index contributed by atoms with van der Waals surface area (Å²) in [5.41, 5.74) is 0.583. The molecule has 1 heterocycles. The molecule has 0 bridgehead atoms. The van der Waals surface area contributed by atoms with E-state index in [9.17, 15) is 23.2 Å². The number of carbonyl (C=O) groups excluding carboxylic acids is 3. The summed E-state index contributed by atoms with van der Waals surface area (Å²) in [6.07, 6.45) is -0.341. The normalized spacial score (nSPS) is 15.0. The van der Waals surface area contributed by atoms with Crippen molar-refractivity contribution in [3.63, 3.8) is 0 Å². The highest BCUT2D eigenvalue weighted by molar-refractivity contribution is 5.94. The fourth-order valence-corrected chi connectivity index (χ4v) is 3.65. The lowest BCUT2D eigenvalue weighted by Crippen LogP contribution is -2.42. The molecule has 2 aromatic carbocycles. The zero-order valence-corrected chi connectivity index (χ0v) is 18.5. The summed E-state index contributed by atoms with van der Waals surface area (Å²) in [6.45, 7) is 2.17. The molecule has 0 saturated carbocycles. The Kier molecular flexibility index (Phi) is 7.97. The van der Waals surface area contributed by atoms with E-state index in [2.05, 4.69) is 5.32 Å². The van der Waals surface area contributed by atoms with Crippen LogP contribution >= 0.6 is 0 Å². The molecule has 1 saturated heterocycles. The van der Waals surface area contributed by atoms with E-state index in [4.69, 9.17) is 9.47 Å². The first kappa shape index (κ1) is 24.2. The summed E-state index contributed by atoms with van der Waals surface area (Å²) in [5.74, 6) is -3.02. The van der Waals surface area contributed by atoms with E-state index in [0.29, 0.717) is 24.7 Å². The molecule has 33 heavy (non-hydrogen) atoms. The molecule has 0 aliphatic carbocycles. The number of hydrogen-bond donors (Lipinski definition) is 1. The molecule has 1 aliphatic heterocycles. The lowest BCUT2D eigenvalue weighted by Gasteiger charge is -2.31. The number of methoxy groups -OCH3 is 1. The minimum atomic E-state index is -0.986. The first-order valence-electron chi connectivity index (χ1n) is 10.6. The van der Waals surface area contributed by atoms with Crippen LogP contribution in [0, 0.1) is 17.6 Å². The van der Waals surface area contributed by atoms with Gasteiger partial charge in [-0.3, -0.25) is 14.4 Å². The molecule has 176 valence electrons. The zero-order valence-electron chi connectivity index (χ0n) is 18.5. The lowest BCUT2D eigenvalue weighted by molar-refractivity contribution is -0.160. The van der Waals surface area contributed by atoms with Gasteiger partial charge in [-0.1, -0.05) is 18.2 Å². The Bertz CT molecular complexity index is 1020. The van der Waals surface area contributed by atoms with Gasteiger partial charge in [0.05, 0.1) is 18.6 Å². The molecule has 7 nitrogen and oxygen atoms in total. The van der Waals surface area contributed by atoms with Crippen molar-refractivity contribution in [1.29, 1.82) is 0 Å². The Morgan fingerprint density at radius 2 is 1.82 bits per heavy atom. The summed E-state index contributed by atoms with van der Waals surface area (Å²) in [5, 5.41) is 2.72. The van der Waals surface area contributed by atoms with Crippen LogP contribution in [-0.2, 0) is 20.9 Å². The van der Waals surface area contributed by atoms with Gasteiger partial charge in [-0.05, 0) is 38.0 Å². The van der Waals surface area contributed by atoms with Crippen LogP contribution in [0.2, 0.25) is 0 Å². The molecule has 0 spiro atoms. The van der Waals surface area contributed by atoms with Gasteiger partial charge in [-0.25, -0.2) is 8.78 Å². The maximum absolute atomic E-state index is 13.9. The van der Waals surface area contributed by atoms with Crippen molar-refractivity contribution in [3.8, 4) is 5.75 Å². The number of nitrogens with zero attached hydrogens (tertiary/aromatic N) is 1. The highest BCUT2D eigenvalue weighted by Crippen LogP contribution is 2.22. The average Bonchev–Trinajstić information content (AvgIpc) is 2.82. The monoisotopic (exact) mass is 460 g/mol. The molecule has 1 atom stereocenters. The van der Waals surface area contributed by atoms with Crippen molar-refractivity contribution in [3.05, 3.63) is 65.2 Å². The van der Waals surface area contributed by atoms with Crippen LogP contribution in [0.3, 0.4) is 0 Å². The number of carbonyl (C=O) groups is 3. The molecular weight excluding hydrogens is 434 g/mol. The number of amides is 2. The number of piperidine rings is 1. The minimum absolute atomic E-state index is 0.210. The van der Waals surface area contributed by atoms with Crippen LogP contribution in [-0.4, -0.2) is 49.0 Å². The number of para-hydroxylation sites is 1. The fraction of sp³-hybridized carbons (Fsp3) is 0.375. The molecule has 0 aromatic heterocycles. The molecule has 1 unspecified atom stereocenters. The van der Waals surface area contributed by atoms with E-state index in [0.717, 1.165) is 17.7 Å². The predicted octanol–water partition coefficient (Wildman–Crippen LogP) is 3.07. The maximum atomic E-state index is 13.9. The van der Waals surface area contributed by atoms with Gasteiger partial charge in [0.2, 0.25) is 0 Å². The van der Waals surface area contributed by atoms with Crippen LogP contribution in [0.4, 0.5) is 8.78 Å². The highest BCUT2D eigenvalue weighted by Gasteiger charge is 2.31. The number of benzene rings is 2. The topological polar surface area (TPSA) is 84.9 Å². The molecule has 3 rings (SSSR count). The molecule has 2 amide bonds. The quantitative estimate of drug-likeness (QED) is 0.642. The lowest BCUT2D eigenvalue weighted by atomic mass is 9.96. The summed E-state index contributed by atoms with van der Waals surface area (Å²) in [6, 6.07) is 10.1. The van der Waals surface area contributed by atoms with Gasteiger partial charge in [-0.15, -0.1) is 0 Å². The predicted molar refractivity (Wildman–Crippen MR) is 115 cm³/mol. The van der Waals surface area contributed by atoms with Crippen LogP contribution in [0.15, 0.2) is 42.5 Å². The molecule has 2 aromatic rings. The van der Waals surface area contributed by atoms with Gasteiger partial charge in [0.1, 0.15) is 17.4 Å². The summed E-state index contributed by atoms with van der Waals surface area (Å²) < 4.78 is 37.5. The Morgan fingerprint density at radius 1 is 1.12 bits per heavy atom. The minimum Gasteiger partial charge on any atom is -0.496 e. The Labute approximate surface area is 190 Å². The number of rotatable bonds is 7. The SMILES string of the molecule is COc1ccccc1CNC(=O)C(C)OC(=O)C1CCN(C(=O)c2ccc(F)cc2F)CC1. The number of ether oxygens (including phenoxy) is 2. The largest absolute Gasteiger partial charge is 0.496 e. The first-order chi connectivity index (χ1) is 15.8. The molecule has 1 aliphatic rings. The van der Waals surface area contributed by atoms with Gasteiger partial charge in [0.15, 0.2) is 6.10 Å². The Hall–Kier alpha value is -3.49. The van der Waals surface area contributed by atoms with E-state index in [-0.39, 0.29) is 25.2 Å². The summed E-state index contributed by atoms with van der Waals surface area (Å²) in [7, 11) is 1.54. The van der Waals surface area contributed by atoms with Gasteiger partial charge < -0.3 is 19.7 Å².